The standard InChI is InChI=1S/C17H14N2/c18-17-12-16(10-11-19-17)15-8-6-14(7-9-15)13-4-2-1-3-5-13/h1-12H,(H2,18,19). The zero-order chi connectivity index (χ0) is 13.1. The molecule has 92 valence electrons. The van der Waals surface area contributed by atoms with Gasteiger partial charge >= 0.3 is 0 Å². The van der Waals surface area contributed by atoms with E-state index in [1.54, 1.807) is 6.20 Å². The van der Waals surface area contributed by atoms with Crippen LogP contribution in [0.25, 0.3) is 22.3 Å². The van der Waals surface area contributed by atoms with Crippen LogP contribution in [0.1, 0.15) is 0 Å². The number of rotatable bonds is 2. The summed E-state index contributed by atoms with van der Waals surface area (Å²) in [5.41, 5.74) is 10.4. The molecule has 0 aliphatic rings. The third-order valence-corrected chi connectivity index (χ3v) is 3.11. The van der Waals surface area contributed by atoms with Gasteiger partial charge in [-0.25, -0.2) is 4.98 Å². The molecule has 0 saturated heterocycles. The van der Waals surface area contributed by atoms with E-state index in [0.29, 0.717) is 5.82 Å². The molecule has 0 bridgehead atoms. The van der Waals surface area contributed by atoms with Gasteiger partial charge in [0.2, 0.25) is 0 Å². The van der Waals surface area contributed by atoms with Gasteiger partial charge in [0.05, 0.1) is 0 Å². The highest BCUT2D eigenvalue weighted by Crippen LogP contribution is 2.25. The van der Waals surface area contributed by atoms with Crippen LogP contribution < -0.4 is 5.73 Å². The van der Waals surface area contributed by atoms with Crippen LogP contribution in [0.5, 0.6) is 0 Å². The summed E-state index contributed by atoms with van der Waals surface area (Å²) in [7, 11) is 0. The molecule has 0 aliphatic carbocycles. The van der Waals surface area contributed by atoms with Crippen molar-refractivity contribution in [3.8, 4) is 22.3 Å². The van der Waals surface area contributed by atoms with E-state index in [1.807, 2.05) is 30.3 Å². The average Bonchev–Trinajstić information content (AvgIpc) is 2.48. The molecular weight excluding hydrogens is 232 g/mol. The predicted octanol–water partition coefficient (Wildman–Crippen LogP) is 4.00. The Morgan fingerprint density at radius 2 is 1.21 bits per heavy atom. The number of benzene rings is 2. The summed E-state index contributed by atoms with van der Waals surface area (Å²) in [5.74, 6) is 0.546. The number of hydrogen-bond donors (Lipinski definition) is 1. The highest BCUT2D eigenvalue weighted by Gasteiger charge is 2.00. The normalized spacial score (nSPS) is 10.3. The Kier molecular flexibility index (Phi) is 2.99. The molecule has 0 radical (unpaired) electrons. The van der Waals surface area contributed by atoms with Crippen molar-refractivity contribution in [2.24, 2.45) is 0 Å². The topological polar surface area (TPSA) is 38.9 Å². The minimum Gasteiger partial charge on any atom is -0.384 e. The molecule has 0 fully saturated rings. The smallest absolute Gasteiger partial charge is 0.123 e. The molecule has 0 atom stereocenters. The largest absolute Gasteiger partial charge is 0.384 e. The summed E-state index contributed by atoms with van der Waals surface area (Å²) in [4.78, 5) is 4.01. The summed E-state index contributed by atoms with van der Waals surface area (Å²) in [6.45, 7) is 0. The first-order valence-electron chi connectivity index (χ1n) is 6.20. The minimum absolute atomic E-state index is 0.546. The SMILES string of the molecule is Nc1cc(-c2ccc(-c3ccccc3)cc2)ccn1. The first-order chi connectivity index (χ1) is 9.33. The van der Waals surface area contributed by atoms with Crippen LogP contribution in [0.15, 0.2) is 72.9 Å². The molecule has 0 amide bonds. The van der Waals surface area contributed by atoms with Crippen molar-refractivity contribution in [1.82, 2.24) is 4.98 Å². The van der Waals surface area contributed by atoms with Crippen molar-refractivity contribution in [3.05, 3.63) is 72.9 Å². The van der Waals surface area contributed by atoms with E-state index in [1.165, 1.54) is 11.1 Å². The molecule has 19 heavy (non-hydrogen) atoms. The molecule has 2 heteroatoms. The Morgan fingerprint density at radius 3 is 1.84 bits per heavy atom. The fourth-order valence-electron chi connectivity index (χ4n) is 2.11. The van der Waals surface area contributed by atoms with Crippen molar-refractivity contribution in [2.75, 3.05) is 5.73 Å². The van der Waals surface area contributed by atoms with Gasteiger partial charge < -0.3 is 5.73 Å². The average molecular weight is 246 g/mol. The van der Waals surface area contributed by atoms with E-state index in [-0.39, 0.29) is 0 Å². The number of nitrogens with zero attached hydrogens (tertiary/aromatic N) is 1. The Balaban J connectivity index is 1.95. The van der Waals surface area contributed by atoms with E-state index >= 15 is 0 Å². The lowest BCUT2D eigenvalue weighted by atomic mass is 10.0. The zero-order valence-electron chi connectivity index (χ0n) is 10.5. The van der Waals surface area contributed by atoms with Crippen LogP contribution in [0.4, 0.5) is 5.82 Å². The number of nitrogens with two attached hydrogens (primary N) is 1. The minimum atomic E-state index is 0.546. The highest BCUT2D eigenvalue weighted by atomic mass is 14.8. The van der Waals surface area contributed by atoms with Crippen molar-refractivity contribution >= 4 is 5.82 Å². The van der Waals surface area contributed by atoms with Gasteiger partial charge in [-0.05, 0) is 34.4 Å². The number of pyridine rings is 1. The van der Waals surface area contributed by atoms with E-state index in [0.717, 1.165) is 11.1 Å². The fourth-order valence-corrected chi connectivity index (χ4v) is 2.11. The third kappa shape index (κ3) is 2.47. The van der Waals surface area contributed by atoms with Crippen LogP contribution in [-0.4, -0.2) is 4.98 Å². The van der Waals surface area contributed by atoms with Gasteiger partial charge in [0.15, 0.2) is 0 Å². The van der Waals surface area contributed by atoms with Gasteiger partial charge in [0.25, 0.3) is 0 Å². The second-order valence-electron chi connectivity index (χ2n) is 4.41. The zero-order valence-corrected chi connectivity index (χ0v) is 10.5. The second-order valence-corrected chi connectivity index (χ2v) is 4.41. The number of aromatic nitrogens is 1. The first-order valence-corrected chi connectivity index (χ1v) is 6.20. The maximum atomic E-state index is 5.71. The van der Waals surface area contributed by atoms with Crippen LogP contribution >= 0.6 is 0 Å². The van der Waals surface area contributed by atoms with Gasteiger partial charge in [-0.2, -0.15) is 0 Å². The monoisotopic (exact) mass is 246 g/mol. The first kappa shape index (κ1) is 11.5. The predicted molar refractivity (Wildman–Crippen MR) is 79.5 cm³/mol. The Morgan fingerprint density at radius 1 is 0.632 bits per heavy atom. The third-order valence-electron chi connectivity index (χ3n) is 3.11. The molecule has 3 aromatic rings. The molecule has 0 spiro atoms. The quantitative estimate of drug-likeness (QED) is 0.742. The highest BCUT2D eigenvalue weighted by molar-refractivity contribution is 5.71. The van der Waals surface area contributed by atoms with Crippen molar-refractivity contribution in [3.63, 3.8) is 0 Å². The van der Waals surface area contributed by atoms with Gasteiger partial charge in [-0.15, -0.1) is 0 Å². The summed E-state index contributed by atoms with van der Waals surface area (Å²) in [5, 5.41) is 0. The van der Waals surface area contributed by atoms with E-state index in [9.17, 15) is 0 Å². The van der Waals surface area contributed by atoms with Crippen LogP contribution in [0.2, 0.25) is 0 Å². The van der Waals surface area contributed by atoms with Crippen LogP contribution in [0.3, 0.4) is 0 Å². The summed E-state index contributed by atoms with van der Waals surface area (Å²) in [6, 6.07) is 22.7. The molecule has 1 aromatic heterocycles. The van der Waals surface area contributed by atoms with Crippen LogP contribution in [0, 0.1) is 0 Å². The van der Waals surface area contributed by atoms with E-state index < -0.39 is 0 Å². The molecule has 2 N–H and O–H groups in total. The molecule has 3 rings (SSSR count). The molecule has 0 aliphatic heterocycles. The lowest BCUT2D eigenvalue weighted by Crippen LogP contribution is -1.89. The summed E-state index contributed by atoms with van der Waals surface area (Å²) >= 11 is 0. The number of nitrogen functional groups attached to an aromatic ring is 1. The van der Waals surface area contributed by atoms with Gasteiger partial charge in [0.1, 0.15) is 5.82 Å². The van der Waals surface area contributed by atoms with Gasteiger partial charge in [-0.3, -0.25) is 0 Å². The Hall–Kier alpha value is -2.61. The molecular formula is C17H14N2. The lowest BCUT2D eigenvalue weighted by Gasteiger charge is -2.05. The lowest BCUT2D eigenvalue weighted by molar-refractivity contribution is 1.34. The van der Waals surface area contributed by atoms with E-state index in [4.69, 9.17) is 5.73 Å². The van der Waals surface area contributed by atoms with E-state index in [2.05, 4.69) is 41.4 Å². The van der Waals surface area contributed by atoms with Crippen molar-refractivity contribution < 1.29 is 0 Å². The van der Waals surface area contributed by atoms with Gasteiger partial charge in [0, 0.05) is 6.20 Å². The van der Waals surface area contributed by atoms with Gasteiger partial charge in [-0.1, -0.05) is 54.6 Å². The molecule has 2 nitrogen and oxygen atoms in total. The van der Waals surface area contributed by atoms with Crippen LogP contribution in [-0.2, 0) is 0 Å². The maximum Gasteiger partial charge on any atom is 0.123 e. The summed E-state index contributed by atoms with van der Waals surface area (Å²) < 4.78 is 0. The number of hydrogen-bond acceptors (Lipinski definition) is 2. The second kappa shape index (κ2) is 4.94. The summed E-state index contributed by atoms with van der Waals surface area (Å²) in [6.07, 6.45) is 1.73. The molecule has 0 unspecified atom stereocenters. The Bertz CT molecular complexity index is 673. The van der Waals surface area contributed by atoms with Crippen molar-refractivity contribution in [2.45, 2.75) is 0 Å². The Labute approximate surface area is 112 Å². The molecule has 0 saturated carbocycles. The molecule has 1 heterocycles. The molecule has 2 aromatic carbocycles. The van der Waals surface area contributed by atoms with Crippen molar-refractivity contribution in [1.29, 1.82) is 0 Å². The number of anilines is 1. The maximum absolute atomic E-state index is 5.71. The fraction of sp³-hybridized carbons (Fsp3) is 0.